The van der Waals surface area contributed by atoms with Gasteiger partial charge in [0.05, 0.1) is 4.90 Å². The summed E-state index contributed by atoms with van der Waals surface area (Å²) in [4.78, 5) is 15.1. The van der Waals surface area contributed by atoms with E-state index in [0.717, 1.165) is 15.4 Å². The lowest BCUT2D eigenvalue weighted by Gasteiger charge is -2.21. The molecule has 2 aromatic rings. The highest BCUT2D eigenvalue weighted by Gasteiger charge is 2.27. The monoisotopic (exact) mass is 334 g/mol. The Morgan fingerprint density at radius 1 is 1.22 bits per heavy atom. The molecule has 0 aliphatic heterocycles. The summed E-state index contributed by atoms with van der Waals surface area (Å²) in [6.07, 6.45) is 3.09. The van der Waals surface area contributed by atoms with Gasteiger partial charge in [0.1, 0.15) is 6.54 Å². The molecule has 0 saturated heterocycles. The minimum atomic E-state index is -3.91. The Hall–Kier alpha value is -2.25. The Balaban J connectivity index is 2.40. The van der Waals surface area contributed by atoms with Gasteiger partial charge in [-0.15, -0.1) is 0 Å². The number of rotatable bonds is 6. The van der Waals surface area contributed by atoms with Crippen molar-refractivity contribution in [2.24, 2.45) is 0 Å². The molecule has 1 N–H and O–H groups in total. The molecule has 0 unspecified atom stereocenters. The zero-order chi connectivity index (χ0) is 17.0. The van der Waals surface area contributed by atoms with Gasteiger partial charge in [0.2, 0.25) is 10.0 Å². The van der Waals surface area contributed by atoms with Crippen molar-refractivity contribution in [2.45, 2.75) is 25.3 Å². The number of aryl methyl sites for hydroxylation is 2. The summed E-state index contributed by atoms with van der Waals surface area (Å²) in [6, 6.07) is 8.15. The summed E-state index contributed by atoms with van der Waals surface area (Å²) >= 11 is 0. The number of carboxylic acids is 1. The average molecular weight is 334 g/mol. The largest absolute Gasteiger partial charge is 0.480 e. The lowest BCUT2D eigenvalue weighted by Crippen LogP contribution is -2.35. The Morgan fingerprint density at radius 2 is 1.96 bits per heavy atom. The van der Waals surface area contributed by atoms with Gasteiger partial charge in [-0.2, -0.15) is 4.31 Å². The molecule has 1 aromatic heterocycles. The number of hydrogen-bond donors (Lipinski definition) is 1. The van der Waals surface area contributed by atoms with Crippen LogP contribution in [0.3, 0.4) is 0 Å². The van der Waals surface area contributed by atoms with Gasteiger partial charge >= 0.3 is 5.97 Å². The number of pyridine rings is 1. The molecule has 0 fully saturated rings. The molecule has 0 spiro atoms. The van der Waals surface area contributed by atoms with Crippen LogP contribution in [0.5, 0.6) is 0 Å². The van der Waals surface area contributed by atoms with Crippen molar-refractivity contribution in [1.29, 1.82) is 0 Å². The zero-order valence-corrected chi connectivity index (χ0v) is 13.7. The zero-order valence-electron chi connectivity index (χ0n) is 12.9. The highest BCUT2D eigenvalue weighted by atomic mass is 32.2. The van der Waals surface area contributed by atoms with Gasteiger partial charge in [0.15, 0.2) is 0 Å². The molecule has 0 bridgehead atoms. The van der Waals surface area contributed by atoms with Crippen molar-refractivity contribution in [3.63, 3.8) is 0 Å². The summed E-state index contributed by atoms with van der Waals surface area (Å²) < 4.78 is 26.5. The van der Waals surface area contributed by atoms with Crippen LogP contribution in [0.15, 0.2) is 47.6 Å². The third-order valence-electron chi connectivity index (χ3n) is 3.51. The maximum absolute atomic E-state index is 12.8. The number of aliphatic carboxylic acids is 1. The SMILES string of the molecule is Cc1ccc(S(=O)(=O)N(CC(=O)O)Cc2cccnc2)cc1C. The van der Waals surface area contributed by atoms with E-state index < -0.39 is 22.5 Å². The minimum Gasteiger partial charge on any atom is -0.480 e. The summed E-state index contributed by atoms with van der Waals surface area (Å²) in [6.45, 7) is 3.05. The number of benzene rings is 1. The molecule has 1 aromatic carbocycles. The fourth-order valence-electron chi connectivity index (χ4n) is 2.10. The number of nitrogens with zero attached hydrogens (tertiary/aromatic N) is 2. The molecule has 0 atom stereocenters. The van der Waals surface area contributed by atoms with E-state index in [0.29, 0.717) is 5.56 Å². The van der Waals surface area contributed by atoms with E-state index in [1.165, 1.54) is 12.3 Å². The lowest BCUT2D eigenvalue weighted by atomic mass is 10.1. The van der Waals surface area contributed by atoms with E-state index in [2.05, 4.69) is 4.98 Å². The van der Waals surface area contributed by atoms with Gasteiger partial charge in [-0.25, -0.2) is 8.42 Å². The summed E-state index contributed by atoms with van der Waals surface area (Å²) in [5.41, 5.74) is 2.44. The maximum atomic E-state index is 12.8. The van der Waals surface area contributed by atoms with Crippen molar-refractivity contribution in [3.05, 3.63) is 59.4 Å². The number of hydrogen-bond acceptors (Lipinski definition) is 4. The standard InChI is InChI=1S/C16H18N2O4S/c1-12-5-6-15(8-13(12)2)23(21,22)18(11-16(19)20)10-14-4-3-7-17-9-14/h3-9H,10-11H2,1-2H3,(H,19,20). The van der Waals surface area contributed by atoms with Gasteiger partial charge in [-0.3, -0.25) is 9.78 Å². The van der Waals surface area contributed by atoms with Gasteiger partial charge in [-0.05, 0) is 48.7 Å². The molecule has 0 aliphatic carbocycles. The first-order valence-corrected chi connectivity index (χ1v) is 8.43. The van der Waals surface area contributed by atoms with Crippen LogP contribution in [0.25, 0.3) is 0 Å². The third-order valence-corrected chi connectivity index (χ3v) is 5.30. The molecule has 2 rings (SSSR count). The topological polar surface area (TPSA) is 87.6 Å². The quantitative estimate of drug-likeness (QED) is 0.872. The Labute approximate surface area is 135 Å². The Bertz CT molecular complexity index is 804. The molecule has 6 nitrogen and oxygen atoms in total. The molecule has 23 heavy (non-hydrogen) atoms. The second-order valence-corrected chi connectivity index (χ2v) is 7.21. The van der Waals surface area contributed by atoms with Gasteiger partial charge in [-0.1, -0.05) is 12.1 Å². The van der Waals surface area contributed by atoms with Crippen molar-refractivity contribution in [2.75, 3.05) is 6.54 Å². The van der Waals surface area contributed by atoms with Gasteiger partial charge in [0.25, 0.3) is 0 Å². The molecular weight excluding hydrogens is 316 g/mol. The van der Waals surface area contributed by atoms with Crippen LogP contribution in [0.2, 0.25) is 0 Å². The molecular formula is C16H18N2O4S. The predicted octanol–water partition coefficient (Wildman–Crippen LogP) is 1.97. The van der Waals surface area contributed by atoms with Crippen LogP contribution in [0.1, 0.15) is 16.7 Å². The van der Waals surface area contributed by atoms with E-state index in [9.17, 15) is 13.2 Å². The Morgan fingerprint density at radius 3 is 2.52 bits per heavy atom. The highest BCUT2D eigenvalue weighted by molar-refractivity contribution is 7.89. The second kappa shape index (κ2) is 6.89. The average Bonchev–Trinajstić information content (AvgIpc) is 2.50. The fraction of sp³-hybridized carbons (Fsp3) is 0.250. The van der Waals surface area contributed by atoms with E-state index in [1.54, 1.807) is 30.5 Å². The summed E-state index contributed by atoms with van der Waals surface area (Å²) in [5.74, 6) is -1.21. The van der Waals surface area contributed by atoms with E-state index in [4.69, 9.17) is 5.11 Å². The van der Waals surface area contributed by atoms with Crippen LogP contribution < -0.4 is 0 Å². The van der Waals surface area contributed by atoms with Crippen molar-refractivity contribution in [1.82, 2.24) is 9.29 Å². The van der Waals surface area contributed by atoms with E-state index >= 15 is 0 Å². The Kier molecular flexibility index (Phi) is 5.12. The normalized spacial score (nSPS) is 11.6. The van der Waals surface area contributed by atoms with Crippen molar-refractivity contribution < 1.29 is 18.3 Å². The molecule has 122 valence electrons. The summed E-state index contributed by atoms with van der Waals surface area (Å²) in [7, 11) is -3.91. The number of aromatic nitrogens is 1. The first kappa shape index (κ1) is 17.1. The highest BCUT2D eigenvalue weighted by Crippen LogP contribution is 2.20. The lowest BCUT2D eigenvalue weighted by molar-refractivity contribution is -0.137. The van der Waals surface area contributed by atoms with Crippen LogP contribution >= 0.6 is 0 Å². The minimum absolute atomic E-state index is 0.0462. The van der Waals surface area contributed by atoms with E-state index in [-0.39, 0.29) is 11.4 Å². The van der Waals surface area contributed by atoms with Crippen LogP contribution in [0.4, 0.5) is 0 Å². The van der Waals surface area contributed by atoms with Crippen LogP contribution in [-0.2, 0) is 21.4 Å². The molecule has 0 radical (unpaired) electrons. The molecule has 7 heteroatoms. The molecule has 1 heterocycles. The predicted molar refractivity (Wildman–Crippen MR) is 85.4 cm³/mol. The first-order chi connectivity index (χ1) is 10.8. The fourth-order valence-corrected chi connectivity index (χ4v) is 3.56. The number of carboxylic acid groups (broad SMARTS) is 1. The van der Waals surface area contributed by atoms with Crippen molar-refractivity contribution in [3.8, 4) is 0 Å². The molecule has 0 aliphatic rings. The first-order valence-electron chi connectivity index (χ1n) is 6.99. The number of carbonyl (C=O) groups is 1. The second-order valence-electron chi connectivity index (χ2n) is 5.27. The van der Waals surface area contributed by atoms with E-state index in [1.807, 2.05) is 13.8 Å². The van der Waals surface area contributed by atoms with Crippen molar-refractivity contribution >= 4 is 16.0 Å². The summed E-state index contributed by atoms with van der Waals surface area (Å²) in [5, 5.41) is 9.05. The number of sulfonamides is 1. The smallest absolute Gasteiger partial charge is 0.318 e. The molecule has 0 amide bonds. The van der Waals surface area contributed by atoms with Gasteiger partial charge in [0, 0.05) is 18.9 Å². The van der Waals surface area contributed by atoms with Gasteiger partial charge < -0.3 is 5.11 Å². The van der Waals surface area contributed by atoms with Crippen LogP contribution in [-0.4, -0.2) is 35.3 Å². The third kappa shape index (κ3) is 4.14. The maximum Gasteiger partial charge on any atom is 0.318 e. The van der Waals surface area contributed by atoms with Crippen LogP contribution in [0, 0.1) is 13.8 Å². The molecule has 0 saturated carbocycles.